The Bertz CT molecular complexity index is 983. The van der Waals surface area contributed by atoms with Gasteiger partial charge in [-0.1, -0.05) is 0 Å². The molecule has 0 spiro atoms. The first-order valence-electron chi connectivity index (χ1n) is 7.25. The van der Waals surface area contributed by atoms with Gasteiger partial charge in [-0.25, -0.2) is 4.39 Å². The standard InChI is InChI=1S/C18H15FO6/c1-22-13-6-9(7-14(23-2)18(13)24-3)17-16(21)15(20)11-8-10(19)4-5-12(11)25-17/h4-8,21H,1-3H3. The van der Waals surface area contributed by atoms with Crippen LogP contribution in [0.4, 0.5) is 4.39 Å². The van der Waals surface area contributed by atoms with E-state index < -0.39 is 17.0 Å². The highest BCUT2D eigenvalue weighted by Gasteiger charge is 2.20. The second-order valence-corrected chi connectivity index (χ2v) is 5.16. The number of fused-ring (bicyclic) bond motifs is 1. The molecule has 0 fully saturated rings. The van der Waals surface area contributed by atoms with Crippen LogP contribution in [0.25, 0.3) is 22.3 Å². The molecule has 0 saturated carbocycles. The van der Waals surface area contributed by atoms with Crippen LogP contribution in [-0.4, -0.2) is 26.4 Å². The normalized spacial score (nSPS) is 10.7. The molecular weight excluding hydrogens is 331 g/mol. The summed E-state index contributed by atoms with van der Waals surface area (Å²) in [6.07, 6.45) is 0. The van der Waals surface area contributed by atoms with Gasteiger partial charge in [0.15, 0.2) is 17.3 Å². The van der Waals surface area contributed by atoms with Gasteiger partial charge in [0.05, 0.1) is 26.7 Å². The first kappa shape index (κ1) is 16.6. The van der Waals surface area contributed by atoms with Gasteiger partial charge in [-0.3, -0.25) is 4.79 Å². The molecule has 1 N–H and O–H groups in total. The summed E-state index contributed by atoms with van der Waals surface area (Å²) in [5.41, 5.74) is -0.243. The molecular formula is C18H15FO6. The topological polar surface area (TPSA) is 78.1 Å². The Labute approximate surface area is 142 Å². The largest absolute Gasteiger partial charge is 0.502 e. The molecule has 0 amide bonds. The van der Waals surface area contributed by atoms with Crippen molar-refractivity contribution < 1.29 is 28.1 Å². The lowest BCUT2D eigenvalue weighted by atomic mass is 10.1. The minimum Gasteiger partial charge on any atom is -0.502 e. The molecule has 0 saturated heterocycles. The number of benzene rings is 2. The number of rotatable bonds is 4. The minimum absolute atomic E-state index is 0.0475. The van der Waals surface area contributed by atoms with E-state index in [0.717, 1.165) is 6.07 Å². The lowest BCUT2D eigenvalue weighted by Gasteiger charge is -2.14. The number of halogens is 1. The molecule has 0 unspecified atom stereocenters. The summed E-state index contributed by atoms with van der Waals surface area (Å²) in [5, 5.41) is 10.2. The number of aromatic hydroxyl groups is 1. The molecule has 1 aromatic heterocycles. The summed E-state index contributed by atoms with van der Waals surface area (Å²) in [5.74, 6) is -0.287. The second kappa shape index (κ2) is 6.35. The average molecular weight is 346 g/mol. The van der Waals surface area contributed by atoms with E-state index in [9.17, 15) is 14.3 Å². The molecule has 3 rings (SSSR count). The number of hydrogen-bond acceptors (Lipinski definition) is 6. The van der Waals surface area contributed by atoms with E-state index in [4.69, 9.17) is 18.6 Å². The molecule has 0 atom stereocenters. The van der Waals surface area contributed by atoms with Crippen LogP contribution >= 0.6 is 0 Å². The highest BCUT2D eigenvalue weighted by atomic mass is 19.1. The maximum Gasteiger partial charge on any atom is 0.235 e. The van der Waals surface area contributed by atoms with Crippen molar-refractivity contribution >= 4 is 11.0 Å². The van der Waals surface area contributed by atoms with E-state index in [1.165, 1.54) is 45.6 Å². The van der Waals surface area contributed by atoms with Crippen LogP contribution in [-0.2, 0) is 0 Å². The Hall–Kier alpha value is -3.22. The van der Waals surface area contributed by atoms with Crippen LogP contribution in [0.5, 0.6) is 23.0 Å². The maximum atomic E-state index is 13.3. The molecule has 0 aliphatic heterocycles. The van der Waals surface area contributed by atoms with Crippen molar-refractivity contribution in [1.29, 1.82) is 0 Å². The maximum absolute atomic E-state index is 13.3. The zero-order chi connectivity index (χ0) is 18.1. The van der Waals surface area contributed by atoms with Gasteiger partial charge in [-0.15, -0.1) is 0 Å². The molecule has 25 heavy (non-hydrogen) atoms. The molecule has 0 radical (unpaired) electrons. The molecule has 6 nitrogen and oxygen atoms in total. The SMILES string of the molecule is COc1cc(-c2oc3ccc(F)cc3c(=O)c2O)cc(OC)c1OC. The third kappa shape index (κ3) is 2.73. The van der Waals surface area contributed by atoms with Crippen LogP contribution in [0.1, 0.15) is 0 Å². The third-order valence-corrected chi connectivity index (χ3v) is 3.76. The van der Waals surface area contributed by atoms with Gasteiger partial charge in [0.1, 0.15) is 11.4 Å². The molecule has 2 aromatic carbocycles. The zero-order valence-electron chi connectivity index (χ0n) is 13.8. The molecule has 0 aliphatic rings. The first-order valence-corrected chi connectivity index (χ1v) is 7.25. The Morgan fingerprint density at radius 2 is 1.64 bits per heavy atom. The minimum atomic E-state index is -0.732. The monoisotopic (exact) mass is 346 g/mol. The Morgan fingerprint density at radius 1 is 1.00 bits per heavy atom. The molecule has 0 aliphatic carbocycles. The Morgan fingerprint density at radius 3 is 2.20 bits per heavy atom. The van der Waals surface area contributed by atoms with Crippen LogP contribution in [0.15, 0.2) is 39.5 Å². The summed E-state index contributed by atoms with van der Waals surface area (Å²) < 4.78 is 34.7. The van der Waals surface area contributed by atoms with Crippen LogP contribution < -0.4 is 19.6 Å². The van der Waals surface area contributed by atoms with E-state index in [-0.39, 0.29) is 16.7 Å². The summed E-state index contributed by atoms with van der Waals surface area (Å²) >= 11 is 0. The van der Waals surface area contributed by atoms with Crippen LogP contribution in [0.3, 0.4) is 0 Å². The average Bonchev–Trinajstić information content (AvgIpc) is 2.63. The Kier molecular flexibility index (Phi) is 4.22. The van der Waals surface area contributed by atoms with Gasteiger partial charge >= 0.3 is 0 Å². The van der Waals surface area contributed by atoms with Crippen molar-refractivity contribution in [3.05, 3.63) is 46.4 Å². The van der Waals surface area contributed by atoms with Gasteiger partial charge in [0.2, 0.25) is 16.9 Å². The van der Waals surface area contributed by atoms with Crippen molar-refractivity contribution in [3.63, 3.8) is 0 Å². The van der Waals surface area contributed by atoms with Gasteiger partial charge in [0.25, 0.3) is 0 Å². The fourth-order valence-corrected chi connectivity index (χ4v) is 2.57. The summed E-state index contributed by atoms with van der Waals surface area (Å²) in [4.78, 5) is 12.3. The van der Waals surface area contributed by atoms with Crippen LogP contribution in [0.2, 0.25) is 0 Å². The molecule has 1 heterocycles. The van der Waals surface area contributed by atoms with Gasteiger partial charge < -0.3 is 23.7 Å². The molecule has 0 bridgehead atoms. The zero-order valence-corrected chi connectivity index (χ0v) is 13.8. The van der Waals surface area contributed by atoms with E-state index in [0.29, 0.717) is 22.8 Å². The highest BCUT2D eigenvalue weighted by molar-refractivity contribution is 5.82. The summed E-state index contributed by atoms with van der Waals surface area (Å²) in [6.45, 7) is 0. The van der Waals surface area contributed by atoms with Crippen molar-refractivity contribution in [3.8, 4) is 34.3 Å². The van der Waals surface area contributed by atoms with E-state index in [2.05, 4.69) is 0 Å². The second-order valence-electron chi connectivity index (χ2n) is 5.16. The van der Waals surface area contributed by atoms with Crippen molar-refractivity contribution in [1.82, 2.24) is 0 Å². The quantitative estimate of drug-likeness (QED) is 0.781. The van der Waals surface area contributed by atoms with Crippen molar-refractivity contribution in [2.75, 3.05) is 21.3 Å². The summed E-state index contributed by atoms with van der Waals surface area (Å²) in [6, 6.07) is 6.58. The van der Waals surface area contributed by atoms with Crippen molar-refractivity contribution in [2.45, 2.75) is 0 Å². The lowest BCUT2D eigenvalue weighted by molar-refractivity contribution is 0.324. The lowest BCUT2D eigenvalue weighted by Crippen LogP contribution is -2.03. The fraction of sp³-hybridized carbons (Fsp3) is 0.167. The third-order valence-electron chi connectivity index (χ3n) is 3.76. The summed E-state index contributed by atoms with van der Waals surface area (Å²) in [7, 11) is 4.35. The predicted octanol–water partition coefficient (Wildman–Crippen LogP) is 3.33. The number of hydrogen-bond donors (Lipinski definition) is 1. The van der Waals surface area contributed by atoms with E-state index in [1.54, 1.807) is 0 Å². The fourth-order valence-electron chi connectivity index (χ4n) is 2.57. The molecule has 130 valence electrons. The number of methoxy groups -OCH3 is 3. The van der Waals surface area contributed by atoms with E-state index in [1.807, 2.05) is 0 Å². The number of ether oxygens (including phenoxy) is 3. The highest BCUT2D eigenvalue weighted by Crippen LogP contribution is 2.42. The van der Waals surface area contributed by atoms with Crippen molar-refractivity contribution in [2.24, 2.45) is 0 Å². The van der Waals surface area contributed by atoms with Gasteiger partial charge in [0, 0.05) is 5.56 Å². The van der Waals surface area contributed by atoms with Gasteiger partial charge in [-0.05, 0) is 30.3 Å². The molecule has 3 aromatic rings. The van der Waals surface area contributed by atoms with Gasteiger partial charge in [-0.2, -0.15) is 0 Å². The van der Waals surface area contributed by atoms with Crippen LogP contribution in [0, 0.1) is 5.82 Å². The molecule has 7 heteroatoms. The Balaban J connectivity index is 2.31. The predicted molar refractivity (Wildman–Crippen MR) is 89.2 cm³/mol. The first-order chi connectivity index (χ1) is 12.0. The van der Waals surface area contributed by atoms with E-state index >= 15 is 0 Å². The smallest absolute Gasteiger partial charge is 0.235 e.